The summed E-state index contributed by atoms with van der Waals surface area (Å²) < 4.78 is 25.0. The van der Waals surface area contributed by atoms with E-state index in [0.717, 1.165) is 29.0 Å². The predicted molar refractivity (Wildman–Crippen MR) is 89.4 cm³/mol. The van der Waals surface area contributed by atoms with Gasteiger partial charge in [-0.25, -0.2) is 9.52 Å². The van der Waals surface area contributed by atoms with Crippen molar-refractivity contribution < 1.29 is 37.8 Å². The molecule has 0 radical (unpaired) electrons. The van der Waals surface area contributed by atoms with Crippen molar-refractivity contribution in [1.29, 1.82) is 0 Å². The van der Waals surface area contributed by atoms with Crippen LogP contribution in [0.25, 0.3) is 0 Å². The van der Waals surface area contributed by atoms with E-state index in [9.17, 15) is 33.4 Å². The Kier molecular flexibility index (Phi) is 5.91. The van der Waals surface area contributed by atoms with Crippen LogP contribution in [0.3, 0.4) is 0 Å². The molecule has 0 bridgehead atoms. The van der Waals surface area contributed by atoms with Crippen LogP contribution in [-0.4, -0.2) is 34.1 Å². The zero-order valence-electron chi connectivity index (χ0n) is 13.5. The molecule has 0 unspecified atom stereocenters. The van der Waals surface area contributed by atoms with Gasteiger partial charge in [0.1, 0.15) is 0 Å². The standard InChI is InChI=1S/C13H10N4O10S/c18-13(19)14-28(24,25)17(26-11-7-3-1-5-9(11)15(20)21)27-12-8-4-2-6-10(12)16(22)23/h1-8,14H,(H,18,19). The number of nitrogens with one attached hydrogen (secondary N) is 1. The molecular weight excluding hydrogens is 404 g/mol. The Balaban J connectivity index is 2.49. The molecule has 0 aliphatic heterocycles. The van der Waals surface area contributed by atoms with Gasteiger partial charge in [0, 0.05) is 12.1 Å². The summed E-state index contributed by atoms with van der Waals surface area (Å²) in [6, 6.07) is 9.04. The summed E-state index contributed by atoms with van der Waals surface area (Å²) in [6.07, 6.45) is -2.03. The van der Waals surface area contributed by atoms with E-state index in [-0.39, 0.29) is 0 Å². The Bertz CT molecular complexity index is 966. The Labute approximate surface area is 155 Å². The lowest BCUT2D eigenvalue weighted by Gasteiger charge is -2.20. The van der Waals surface area contributed by atoms with Crippen molar-refractivity contribution in [2.24, 2.45) is 0 Å². The number of para-hydroxylation sites is 4. The van der Waals surface area contributed by atoms with Crippen molar-refractivity contribution in [2.75, 3.05) is 0 Å². The summed E-state index contributed by atoms with van der Waals surface area (Å²) in [4.78, 5) is 40.7. The number of nitro benzene ring substituents is 2. The van der Waals surface area contributed by atoms with E-state index in [1.54, 1.807) is 0 Å². The number of carbonyl (C=O) groups is 1. The largest absolute Gasteiger partial charge is 0.464 e. The van der Waals surface area contributed by atoms with Crippen LogP contribution in [0, 0.1) is 20.2 Å². The molecule has 2 N–H and O–H groups in total. The lowest BCUT2D eigenvalue weighted by atomic mass is 10.3. The Morgan fingerprint density at radius 3 is 1.68 bits per heavy atom. The second-order valence-electron chi connectivity index (χ2n) is 4.74. The number of amides is 1. The van der Waals surface area contributed by atoms with Gasteiger partial charge in [0.05, 0.1) is 9.85 Å². The SMILES string of the molecule is O=C(O)NS(=O)(=O)N(Oc1ccccc1[N+](=O)[O-])Oc1ccccc1[N+](=O)[O-]. The first-order chi connectivity index (χ1) is 13.1. The number of nitro groups is 2. The predicted octanol–water partition coefficient (Wildman–Crippen LogP) is 1.61. The highest BCUT2D eigenvalue weighted by atomic mass is 32.2. The van der Waals surface area contributed by atoms with Crippen molar-refractivity contribution in [3.8, 4) is 11.5 Å². The molecule has 15 heteroatoms. The first kappa shape index (κ1) is 20.3. The fourth-order valence-electron chi connectivity index (χ4n) is 1.80. The average Bonchev–Trinajstić information content (AvgIpc) is 2.60. The zero-order chi connectivity index (χ0) is 20.9. The first-order valence-electron chi connectivity index (χ1n) is 7.00. The summed E-state index contributed by atoms with van der Waals surface area (Å²) >= 11 is 0. The third kappa shape index (κ3) is 4.80. The van der Waals surface area contributed by atoms with Crippen LogP contribution in [0.4, 0.5) is 16.2 Å². The summed E-state index contributed by atoms with van der Waals surface area (Å²) in [6.45, 7) is 0. The Hall–Kier alpha value is -3.98. The van der Waals surface area contributed by atoms with E-state index in [4.69, 9.17) is 14.8 Å². The average molecular weight is 414 g/mol. The van der Waals surface area contributed by atoms with Gasteiger partial charge in [-0.05, 0) is 12.1 Å². The number of nitrogens with zero attached hydrogens (tertiary/aromatic N) is 3. The van der Waals surface area contributed by atoms with Crippen LogP contribution in [0.15, 0.2) is 48.5 Å². The molecule has 0 heterocycles. The fourth-order valence-corrected chi connectivity index (χ4v) is 2.45. The molecule has 28 heavy (non-hydrogen) atoms. The number of carboxylic acid groups (broad SMARTS) is 1. The highest BCUT2D eigenvalue weighted by molar-refractivity contribution is 7.87. The maximum atomic E-state index is 12.2. The van der Waals surface area contributed by atoms with E-state index < -0.39 is 53.7 Å². The van der Waals surface area contributed by atoms with Gasteiger partial charge in [-0.2, -0.15) is 8.42 Å². The van der Waals surface area contributed by atoms with Crippen LogP contribution in [0.1, 0.15) is 0 Å². The van der Waals surface area contributed by atoms with E-state index in [2.05, 4.69) is 0 Å². The van der Waals surface area contributed by atoms with Gasteiger partial charge in [-0.1, -0.05) is 24.3 Å². The fraction of sp³-hybridized carbons (Fsp3) is 0. The smallest absolute Gasteiger partial charge is 0.419 e. The van der Waals surface area contributed by atoms with Crippen LogP contribution in [0.5, 0.6) is 11.5 Å². The molecule has 0 aliphatic rings. The van der Waals surface area contributed by atoms with Gasteiger partial charge in [0.15, 0.2) is 4.63 Å². The summed E-state index contributed by atoms with van der Waals surface area (Å²) in [5.41, 5.74) is -1.35. The second-order valence-corrected chi connectivity index (χ2v) is 6.19. The van der Waals surface area contributed by atoms with Crippen LogP contribution in [-0.2, 0) is 10.2 Å². The second kappa shape index (κ2) is 8.14. The highest BCUT2D eigenvalue weighted by Crippen LogP contribution is 2.30. The summed E-state index contributed by atoms with van der Waals surface area (Å²) in [5.74, 6) is -1.27. The number of hydrogen-bond acceptors (Lipinski definition) is 9. The van der Waals surface area contributed by atoms with Gasteiger partial charge in [0.2, 0.25) is 11.5 Å². The normalized spacial score (nSPS) is 10.9. The lowest BCUT2D eigenvalue weighted by molar-refractivity contribution is -0.389. The molecular formula is C13H10N4O10S. The number of rotatable bonds is 8. The van der Waals surface area contributed by atoms with E-state index in [0.29, 0.717) is 0 Å². The molecule has 2 aromatic carbocycles. The molecule has 0 saturated carbocycles. The molecule has 0 spiro atoms. The van der Waals surface area contributed by atoms with E-state index >= 15 is 0 Å². The van der Waals surface area contributed by atoms with Crippen LogP contribution in [0.2, 0.25) is 0 Å². The minimum absolute atomic E-state index is 0.425. The third-order valence-electron chi connectivity index (χ3n) is 2.88. The molecule has 0 fully saturated rings. The van der Waals surface area contributed by atoms with Crippen molar-refractivity contribution >= 4 is 27.7 Å². The van der Waals surface area contributed by atoms with Gasteiger partial charge in [0.25, 0.3) is 0 Å². The molecule has 1 amide bonds. The maximum absolute atomic E-state index is 12.2. The van der Waals surface area contributed by atoms with Gasteiger partial charge in [-0.15, -0.1) is 0 Å². The van der Waals surface area contributed by atoms with Crippen molar-refractivity contribution in [1.82, 2.24) is 9.35 Å². The molecule has 148 valence electrons. The van der Waals surface area contributed by atoms with Gasteiger partial charge < -0.3 is 14.8 Å². The molecule has 0 aliphatic carbocycles. The van der Waals surface area contributed by atoms with Crippen molar-refractivity contribution in [3.63, 3.8) is 0 Å². The van der Waals surface area contributed by atoms with Crippen molar-refractivity contribution in [3.05, 3.63) is 68.8 Å². The highest BCUT2D eigenvalue weighted by Gasteiger charge is 2.33. The third-order valence-corrected chi connectivity index (χ3v) is 3.86. The molecule has 14 nitrogen and oxygen atoms in total. The topological polar surface area (TPSA) is 191 Å². The maximum Gasteiger partial charge on any atom is 0.419 e. The minimum Gasteiger partial charge on any atom is -0.464 e. The number of hydrogen-bond donors (Lipinski definition) is 2. The summed E-state index contributed by atoms with van der Waals surface area (Å²) in [5, 5.41) is 30.8. The monoisotopic (exact) mass is 414 g/mol. The van der Waals surface area contributed by atoms with Crippen molar-refractivity contribution in [2.45, 2.75) is 0 Å². The Morgan fingerprint density at radius 1 is 0.929 bits per heavy atom. The van der Waals surface area contributed by atoms with E-state index in [1.165, 1.54) is 24.3 Å². The quantitative estimate of drug-likeness (QED) is 0.473. The summed E-state index contributed by atoms with van der Waals surface area (Å²) in [7, 11) is -5.11. The zero-order valence-corrected chi connectivity index (χ0v) is 14.3. The first-order valence-corrected chi connectivity index (χ1v) is 8.44. The lowest BCUT2D eigenvalue weighted by Crippen LogP contribution is -2.46. The molecule has 0 aromatic heterocycles. The van der Waals surface area contributed by atoms with E-state index in [1.807, 2.05) is 0 Å². The molecule has 2 rings (SSSR count). The molecule has 2 aromatic rings. The molecule has 0 saturated heterocycles. The van der Waals surface area contributed by atoms with Gasteiger partial charge in [-0.3, -0.25) is 20.2 Å². The van der Waals surface area contributed by atoms with Crippen LogP contribution < -0.4 is 14.4 Å². The number of benzene rings is 2. The molecule has 0 atom stereocenters. The van der Waals surface area contributed by atoms with Crippen LogP contribution >= 0.6 is 0 Å². The van der Waals surface area contributed by atoms with Gasteiger partial charge >= 0.3 is 27.7 Å². The Morgan fingerprint density at radius 2 is 1.32 bits per heavy atom. The minimum atomic E-state index is -5.11.